The van der Waals surface area contributed by atoms with Crippen molar-refractivity contribution in [2.24, 2.45) is 0 Å². The molecule has 5 nitrogen and oxygen atoms in total. The second kappa shape index (κ2) is 6.05. The molecule has 2 aromatic carbocycles. The molecule has 7 heteroatoms. The van der Waals surface area contributed by atoms with Crippen molar-refractivity contribution in [1.82, 2.24) is 20.2 Å². The van der Waals surface area contributed by atoms with E-state index in [0.717, 1.165) is 15.4 Å². The van der Waals surface area contributed by atoms with Gasteiger partial charge in [-0.3, -0.25) is 0 Å². The Kier molecular flexibility index (Phi) is 3.90. The van der Waals surface area contributed by atoms with Gasteiger partial charge in [0.15, 0.2) is 0 Å². The zero-order valence-electron chi connectivity index (χ0n) is 12.0. The summed E-state index contributed by atoms with van der Waals surface area (Å²) in [5.74, 6) is 0.703. The van der Waals surface area contributed by atoms with E-state index in [4.69, 9.17) is 0 Å². The molecule has 2 heterocycles. The summed E-state index contributed by atoms with van der Waals surface area (Å²) in [6.07, 6.45) is 0.885. The highest BCUT2D eigenvalue weighted by Crippen LogP contribution is 2.37. The Morgan fingerprint density at radius 2 is 1.83 bits per heavy atom. The van der Waals surface area contributed by atoms with E-state index in [1.54, 1.807) is 0 Å². The SMILES string of the molecule is Brc1ccc(C2CC(c3cccc(Br)c3)Nc3nnnn32)cc1. The van der Waals surface area contributed by atoms with Crippen LogP contribution in [0.2, 0.25) is 0 Å². The Hall–Kier alpha value is -1.73. The highest BCUT2D eigenvalue weighted by Gasteiger charge is 2.30. The van der Waals surface area contributed by atoms with Crippen molar-refractivity contribution in [1.29, 1.82) is 0 Å². The molecule has 2 atom stereocenters. The van der Waals surface area contributed by atoms with Gasteiger partial charge < -0.3 is 5.32 Å². The van der Waals surface area contributed by atoms with Gasteiger partial charge >= 0.3 is 0 Å². The van der Waals surface area contributed by atoms with E-state index in [0.29, 0.717) is 5.95 Å². The zero-order chi connectivity index (χ0) is 15.8. The number of tetrazole rings is 1. The lowest BCUT2D eigenvalue weighted by Crippen LogP contribution is -2.28. The average molecular weight is 435 g/mol. The fourth-order valence-corrected chi connectivity index (χ4v) is 3.62. The standard InChI is InChI=1S/C16H13Br2N5/c17-12-6-4-10(5-7-12)15-9-14(11-2-1-3-13(18)8-11)19-16-20-21-22-23(15)16/h1-8,14-15H,9H2,(H,19,20,22). The van der Waals surface area contributed by atoms with Crippen molar-refractivity contribution in [3.05, 3.63) is 68.6 Å². The van der Waals surface area contributed by atoms with Crippen LogP contribution in [0.5, 0.6) is 0 Å². The van der Waals surface area contributed by atoms with E-state index in [-0.39, 0.29) is 12.1 Å². The first-order valence-electron chi connectivity index (χ1n) is 7.26. The van der Waals surface area contributed by atoms with Crippen LogP contribution in [-0.2, 0) is 0 Å². The van der Waals surface area contributed by atoms with E-state index in [1.165, 1.54) is 11.1 Å². The molecule has 0 saturated carbocycles. The number of hydrogen-bond donors (Lipinski definition) is 1. The van der Waals surface area contributed by atoms with Crippen LogP contribution in [-0.4, -0.2) is 20.2 Å². The van der Waals surface area contributed by atoms with Crippen LogP contribution >= 0.6 is 31.9 Å². The topological polar surface area (TPSA) is 55.6 Å². The first kappa shape index (κ1) is 14.8. The second-order valence-corrected chi connectivity index (χ2v) is 7.33. The van der Waals surface area contributed by atoms with Gasteiger partial charge in [0.2, 0.25) is 5.95 Å². The van der Waals surface area contributed by atoms with Crippen molar-refractivity contribution >= 4 is 37.8 Å². The molecule has 0 radical (unpaired) electrons. The number of nitrogens with one attached hydrogen (secondary N) is 1. The van der Waals surface area contributed by atoms with Gasteiger partial charge in [0.25, 0.3) is 0 Å². The fourth-order valence-electron chi connectivity index (χ4n) is 2.94. The number of halogens is 2. The van der Waals surface area contributed by atoms with Crippen LogP contribution < -0.4 is 5.32 Å². The van der Waals surface area contributed by atoms with E-state index in [1.807, 2.05) is 16.8 Å². The first-order valence-corrected chi connectivity index (χ1v) is 8.84. The predicted octanol–water partition coefficient (Wildman–Crippen LogP) is 4.34. The van der Waals surface area contributed by atoms with Crippen molar-refractivity contribution in [2.45, 2.75) is 18.5 Å². The van der Waals surface area contributed by atoms with Gasteiger partial charge in [-0.1, -0.05) is 61.2 Å². The molecule has 116 valence electrons. The van der Waals surface area contributed by atoms with Gasteiger partial charge in [0, 0.05) is 8.95 Å². The summed E-state index contributed by atoms with van der Waals surface area (Å²) in [7, 11) is 0. The highest BCUT2D eigenvalue weighted by atomic mass is 79.9. The zero-order valence-corrected chi connectivity index (χ0v) is 15.2. The molecule has 0 spiro atoms. The molecule has 0 amide bonds. The van der Waals surface area contributed by atoms with Crippen LogP contribution in [0.25, 0.3) is 0 Å². The Labute approximate surface area is 150 Å². The van der Waals surface area contributed by atoms with Crippen molar-refractivity contribution in [3.8, 4) is 0 Å². The first-order chi connectivity index (χ1) is 11.2. The van der Waals surface area contributed by atoms with Crippen molar-refractivity contribution in [2.75, 3.05) is 5.32 Å². The minimum absolute atomic E-state index is 0.110. The number of hydrogen-bond acceptors (Lipinski definition) is 4. The number of aromatic nitrogens is 4. The summed E-state index contributed by atoms with van der Waals surface area (Å²) in [6.45, 7) is 0. The molecule has 0 fully saturated rings. The predicted molar refractivity (Wildman–Crippen MR) is 95.2 cm³/mol. The number of fused-ring (bicyclic) bond motifs is 1. The lowest BCUT2D eigenvalue weighted by Gasteiger charge is -2.31. The molecule has 0 saturated heterocycles. The van der Waals surface area contributed by atoms with Gasteiger partial charge in [-0.25, -0.2) is 4.68 Å². The molecular weight excluding hydrogens is 422 g/mol. The normalized spacial score (nSPS) is 19.9. The second-order valence-electron chi connectivity index (χ2n) is 5.50. The van der Waals surface area contributed by atoms with E-state index < -0.39 is 0 Å². The molecule has 0 bridgehead atoms. The summed E-state index contributed by atoms with van der Waals surface area (Å²) in [6, 6.07) is 16.9. The van der Waals surface area contributed by atoms with Crippen LogP contribution in [0.15, 0.2) is 57.5 Å². The maximum absolute atomic E-state index is 4.15. The molecule has 1 aromatic heterocycles. The molecular formula is C16H13Br2N5. The van der Waals surface area contributed by atoms with E-state index in [2.05, 4.69) is 89.1 Å². The number of anilines is 1. The molecule has 0 aliphatic carbocycles. The molecule has 3 aromatic rings. The molecule has 1 N–H and O–H groups in total. The highest BCUT2D eigenvalue weighted by molar-refractivity contribution is 9.10. The molecule has 2 unspecified atom stereocenters. The lowest BCUT2D eigenvalue weighted by atomic mass is 9.93. The Bertz CT molecular complexity index is 830. The Morgan fingerprint density at radius 1 is 1.00 bits per heavy atom. The molecule has 4 rings (SSSR count). The molecule has 1 aliphatic rings. The average Bonchev–Trinajstić information content (AvgIpc) is 3.03. The number of rotatable bonds is 2. The number of benzene rings is 2. The van der Waals surface area contributed by atoms with Crippen LogP contribution in [0.4, 0.5) is 5.95 Å². The third-order valence-corrected chi connectivity index (χ3v) is 5.08. The van der Waals surface area contributed by atoms with E-state index in [9.17, 15) is 0 Å². The van der Waals surface area contributed by atoms with Gasteiger partial charge in [0.05, 0.1) is 12.1 Å². The Morgan fingerprint density at radius 3 is 2.61 bits per heavy atom. The molecule has 23 heavy (non-hydrogen) atoms. The Balaban J connectivity index is 1.73. The summed E-state index contributed by atoms with van der Waals surface area (Å²) in [5, 5.41) is 15.5. The van der Waals surface area contributed by atoms with Gasteiger partial charge in [0.1, 0.15) is 0 Å². The molecule has 1 aliphatic heterocycles. The minimum atomic E-state index is 0.110. The van der Waals surface area contributed by atoms with Gasteiger partial charge in [-0.15, -0.1) is 0 Å². The smallest absolute Gasteiger partial charge is 0.243 e. The summed E-state index contributed by atoms with van der Waals surface area (Å²) in [4.78, 5) is 0. The largest absolute Gasteiger partial charge is 0.346 e. The van der Waals surface area contributed by atoms with Crippen LogP contribution in [0.1, 0.15) is 29.6 Å². The lowest BCUT2D eigenvalue weighted by molar-refractivity contribution is 0.423. The maximum Gasteiger partial charge on any atom is 0.243 e. The van der Waals surface area contributed by atoms with Crippen LogP contribution in [0.3, 0.4) is 0 Å². The van der Waals surface area contributed by atoms with Crippen LogP contribution in [0, 0.1) is 0 Å². The summed E-state index contributed by atoms with van der Waals surface area (Å²) >= 11 is 7.03. The quantitative estimate of drug-likeness (QED) is 0.651. The third kappa shape index (κ3) is 2.90. The van der Waals surface area contributed by atoms with Gasteiger partial charge in [-0.05, 0) is 52.2 Å². The van der Waals surface area contributed by atoms with E-state index >= 15 is 0 Å². The summed E-state index contributed by atoms with van der Waals surface area (Å²) in [5.41, 5.74) is 2.42. The maximum atomic E-state index is 4.15. The van der Waals surface area contributed by atoms with Gasteiger partial charge in [-0.2, -0.15) is 0 Å². The number of nitrogens with zero attached hydrogens (tertiary/aromatic N) is 4. The van der Waals surface area contributed by atoms with Crippen molar-refractivity contribution in [3.63, 3.8) is 0 Å². The fraction of sp³-hybridized carbons (Fsp3) is 0.188. The van der Waals surface area contributed by atoms with Crippen molar-refractivity contribution < 1.29 is 0 Å². The minimum Gasteiger partial charge on any atom is -0.346 e. The monoisotopic (exact) mass is 433 g/mol. The third-order valence-electron chi connectivity index (χ3n) is 4.06. The summed E-state index contributed by atoms with van der Waals surface area (Å²) < 4.78 is 4.00.